The second-order valence-electron chi connectivity index (χ2n) is 17.0. The SMILES string of the molecule is O=C(c1ccc(F)cc1)c1ccc2[n+](c1)Cc1ccccc1-2.O=C(c1ccccc1)c1ccc2[n+](c1)Cc1c(F)cc(F)cc1-2.O=C(c1ccccc1)c1ccc2[n+](c1)Cc1cc(C(F)(F)F)ccc1-2. The molecule has 3 aliphatic rings. The van der Waals surface area contributed by atoms with Crippen LogP contribution in [0.5, 0.6) is 0 Å². The molecule has 342 valence electrons. The highest BCUT2D eigenvalue weighted by molar-refractivity contribution is 6.10. The smallest absolute Gasteiger partial charge is 0.288 e. The van der Waals surface area contributed by atoms with Crippen LogP contribution in [0.1, 0.15) is 70.0 Å². The molecule has 0 atom stereocenters. The van der Waals surface area contributed by atoms with Gasteiger partial charge in [0.15, 0.2) is 55.6 Å². The van der Waals surface area contributed by atoms with Crippen LogP contribution < -0.4 is 13.7 Å². The summed E-state index contributed by atoms with van der Waals surface area (Å²) in [6.07, 6.45) is 0.921. The average molecular weight is 939 g/mol. The number of nitrogens with zero attached hydrogens (tertiary/aromatic N) is 3. The molecule has 0 radical (unpaired) electrons. The molecule has 0 bridgehead atoms. The zero-order valence-electron chi connectivity index (χ0n) is 36.9. The maximum atomic E-state index is 13.9. The monoisotopic (exact) mass is 938 g/mol. The normalized spacial score (nSPS) is 12.1. The Labute approximate surface area is 397 Å². The molecule has 0 saturated carbocycles. The number of fused-ring (bicyclic) bond motifs is 9. The first kappa shape index (κ1) is 45.2. The minimum atomic E-state index is -4.36. The number of hydrogen-bond donors (Lipinski definition) is 0. The number of pyridine rings is 3. The molecule has 0 unspecified atom stereocenters. The predicted octanol–water partition coefficient (Wildman–Crippen LogP) is 11.1. The first-order chi connectivity index (χ1) is 33.8. The molecule has 9 aromatic rings. The summed E-state index contributed by atoms with van der Waals surface area (Å²) in [7, 11) is 0. The van der Waals surface area contributed by atoms with Crippen molar-refractivity contribution < 1.29 is 54.4 Å². The lowest BCUT2D eigenvalue weighted by Crippen LogP contribution is -2.33. The highest BCUT2D eigenvalue weighted by Gasteiger charge is 2.35. The fourth-order valence-corrected chi connectivity index (χ4v) is 9.03. The lowest BCUT2D eigenvalue weighted by molar-refractivity contribution is -0.672. The molecule has 0 N–H and O–H groups in total. The molecule has 0 spiro atoms. The lowest BCUT2D eigenvalue weighted by Gasteiger charge is -2.06. The molecule has 3 aliphatic heterocycles. The van der Waals surface area contributed by atoms with E-state index in [1.807, 2.05) is 59.3 Å². The number of benzene rings is 6. The molecule has 6 aromatic carbocycles. The van der Waals surface area contributed by atoms with Crippen LogP contribution in [0, 0.1) is 17.5 Å². The van der Waals surface area contributed by atoms with Crippen LogP contribution in [0.2, 0.25) is 0 Å². The molecule has 3 aromatic heterocycles. The topological polar surface area (TPSA) is 62.9 Å². The molecule has 0 amide bonds. The van der Waals surface area contributed by atoms with Gasteiger partial charge in [-0.15, -0.1) is 0 Å². The van der Waals surface area contributed by atoms with Gasteiger partial charge in [-0.3, -0.25) is 14.4 Å². The summed E-state index contributed by atoms with van der Waals surface area (Å²) < 4.78 is 84.7. The second-order valence-corrected chi connectivity index (χ2v) is 17.0. The highest BCUT2D eigenvalue weighted by atomic mass is 19.4. The van der Waals surface area contributed by atoms with E-state index in [9.17, 15) is 40.7 Å². The van der Waals surface area contributed by atoms with Crippen LogP contribution in [0.15, 0.2) is 195 Å². The van der Waals surface area contributed by atoms with Gasteiger partial charge in [-0.05, 0) is 72.8 Å². The molecule has 0 aliphatic carbocycles. The van der Waals surface area contributed by atoms with Crippen molar-refractivity contribution in [3.8, 4) is 33.8 Å². The largest absolute Gasteiger partial charge is 0.416 e. The molecule has 12 rings (SSSR count). The maximum absolute atomic E-state index is 13.9. The van der Waals surface area contributed by atoms with E-state index in [2.05, 4.69) is 16.7 Å². The summed E-state index contributed by atoms with van der Waals surface area (Å²) in [6.45, 7) is 1.40. The summed E-state index contributed by atoms with van der Waals surface area (Å²) in [5.41, 5.74) is 10.2. The molecule has 70 heavy (non-hydrogen) atoms. The molecule has 0 saturated heterocycles. The fourth-order valence-electron chi connectivity index (χ4n) is 9.03. The molecule has 0 fully saturated rings. The molecule has 6 nitrogen and oxygen atoms in total. The third-order valence-electron chi connectivity index (χ3n) is 12.5. The quantitative estimate of drug-likeness (QED) is 0.0948. The van der Waals surface area contributed by atoms with Gasteiger partial charge in [-0.2, -0.15) is 26.9 Å². The van der Waals surface area contributed by atoms with Gasteiger partial charge in [0.05, 0.1) is 44.5 Å². The Bertz CT molecular complexity index is 3540. The van der Waals surface area contributed by atoms with E-state index in [0.717, 1.165) is 35.6 Å². The van der Waals surface area contributed by atoms with Crippen molar-refractivity contribution in [2.45, 2.75) is 25.8 Å². The van der Waals surface area contributed by atoms with Crippen LogP contribution >= 0.6 is 0 Å². The van der Waals surface area contributed by atoms with Crippen molar-refractivity contribution in [1.29, 1.82) is 0 Å². The van der Waals surface area contributed by atoms with E-state index < -0.39 is 23.4 Å². The Morgan fingerprint density at radius 1 is 0.386 bits per heavy atom. The number of alkyl halides is 3. The zero-order valence-corrected chi connectivity index (χ0v) is 36.9. The van der Waals surface area contributed by atoms with Gasteiger partial charge < -0.3 is 0 Å². The van der Waals surface area contributed by atoms with Crippen molar-refractivity contribution in [3.05, 3.63) is 268 Å². The molecule has 6 heterocycles. The minimum absolute atomic E-state index is 0.0914. The van der Waals surface area contributed by atoms with Crippen LogP contribution in [0.25, 0.3) is 33.8 Å². The van der Waals surface area contributed by atoms with E-state index in [4.69, 9.17) is 0 Å². The summed E-state index contributed by atoms with van der Waals surface area (Å²) in [6, 6.07) is 48.5. The average Bonchev–Trinajstić information content (AvgIpc) is 4.07. The first-order valence-electron chi connectivity index (χ1n) is 22.2. The Hall–Kier alpha value is -8.64. The number of aromatic nitrogens is 3. The van der Waals surface area contributed by atoms with Crippen molar-refractivity contribution in [2.24, 2.45) is 0 Å². The number of carbonyl (C=O) groups excluding carboxylic acids is 3. The van der Waals surface area contributed by atoms with E-state index in [1.54, 1.807) is 77.6 Å². The van der Waals surface area contributed by atoms with Gasteiger partial charge in [-0.1, -0.05) is 78.9 Å². The summed E-state index contributed by atoms with van der Waals surface area (Å²) >= 11 is 0. The molecular weight excluding hydrogens is 901 g/mol. The van der Waals surface area contributed by atoms with Gasteiger partial charge >= 0.3 is 6.18 Å². The number of hydrogen-bond acceptors (Lipinski definition) is 3. The highest BCUT2D eigenvalue weighted by Crippen LogP contribution is 2.35. The standard InChI is InChI=1S/C20H13F3NO.C19H12F2NO.C19H13FNO/c21-20(22,23)16-7-8-17-15(10-16)12-24-11-14(6-9-18(17)24)19(25)13-4-2-1-3-5-13;20-14-8-15-16(17(21)9-14)11-22-10-13(6-7-18(15)22)19(23)12-4-2-1-3-5-12;20-16-8-5-13(6-9-16)19(22)15-7-10-18-17-4-2-1-3-14(17)11-21(18)12-15/h1-11H,12H2;1-10H,11H2;1-10,12H,11H2/q3*+1. The van der Waals surface area contributed by atoms with Crippen molar-refractivity contribution in [1.82, 2.24) is 0 Å². The van der Waals surface area contributed by atoms with Crippen LogP contribution in [0.3, 0.4) is 0 Å². The summed E-state index contributed by atoms with van der Waals surface area (Å²) in [5, 5.41) is 0. The van der Waals surface area contributed by atoms with Crippen LogP contribution in [-0.4, -0.2) is 17.3 Å². The Morgan fingerprint density at radius 2 is 0.829 bits per heavy atom. The van der Waals surface area contributed by atoms with Crippen molar-refractivity contribution in [2.75, 3.05) is 0 Å². The van der Waals surface area contributed by atoms with Gasteiger partial charge in [0.2, 0.25) is 17.1 Å². The Morgan fingerprint density at radius 3 is 1.37 bits per heavy atom. The van der Waals surface area contributed by atoms with E-state index in [0.29, 0.717) is 68.9 Å². The van der Waals surface area contributed by atoms with Crippen molar-refractivity contribution in [3.63, 3.8) is 0 Å². The van der Waals surface area contributed by atoms with E-state index >= 15 is 0 Å². The summed E-state index contributed by atoms with van der Waals surface area (Å²) in [5.74, 6) is -1.79. The van der Waals surface area contributed by atoms with Gasteiger partial charge in [0.1, 0.15) is 17.5 Å². The third kappa shape index (κ3) is 8.94. The number of ketones is 3. The van der Waals surface area contributed by atoms with Gasteiger partial charge in [0, 0.05) is 52.1 Å². The van der Waals surface area contributed by atoms with E-state index in [1.165, 1.54) is 53.6 Å². The van der Waals surface area contributed by atoms with Gasteiger partial charge in [-0.25, -0.2) is 13.2 Å². The first-order valence-corrected chi connectivity index (χ1v) is 22.2. The fraction of sp³-hybridized carbons (Fsp3) is 0.0690. The van der Waals surface area contributed by atoms with E-state index in [-0.39, 0.29) is 23.2 Å². The van der Waals surface area contributed by atoms with Gasteiger partial charge in [0.25, 0.3) is 0 Å². The number of carbonyl (C=O) groups is 3. The molecule has 12 heteroatoms. The zero-order chi connectivity index (χ0) is 48.7. The Kier molecular flexibility index (Phi) is 11.9. The Balaban J connectivity index is 0.000000122. The predicted molar refractivity (Wildman–Crippen MR) is 248 cm³/mol. The van der Waals surface area contributed by atoms with Crippen LogP contribution in [0.4, 0.5) is 26.3 Å². The van der Waals surface area contributed by atoms with Crippen molar-refractivity contribution >= 4 is 17.3 Å². The third-order valence-corrected chi connectivity index (χ3v) is 12.5. The number of rotatable bonds is 6. The lowest BCUT2D eigenvalue weighted by atomic mass is 10.0. The van der Waals surface area contributed by atoms with Crippen LogP contribution in [-0.2, 0) is 25.8 Å². The maximum Gasteiger partial charge on any atom is 0.416 e. The minimum Gasteiger partial charge on any atom is -0.288 e. The number of halogens is 6. The summed E-state index contributed by atoms with van der Waals surface area (Å²) in [4.78, 5) is 37.5. The second kappa shape index (κ2) is 18.5. The molecular formula is C58H38F6N3O3+3.